The van der Waals surface area contributed by atoms with E-state index in [-0.39, 0.29) is 4.90 Å². The van der Waals surface area contributed by atoms with Crippen molar-refractivity contribution >= 4 is 78.4 Å². The summed E-state index contributed by atoms with van der Waals surface area (Å²) in [5.74, 6) is 0. The van der Waals surface area contributed by atoms with Crippen LogP contribution in [0, 0.1) is 0 Å². The first-order chi connectivity index (χ1) is 15.8. The molecular formula is C22H16Cl2N4O2S3. The smallest absolute Gasteiger partial charge is 0.261 e. The molecule has 6 nitrogen and oxygen atoms in total. The van der Waals surface area contributed by atoms with E-state index < -0.39 is 10.0 Å². The van der Waals surface area contributed by atoms with Gasteiger partial charge in [0, 0.05) is 26.7 Å². The van der Waals surface area contributed by atoms with Crippen LogP contribution in [0.4, 0.5) is 16.5 Å². The van der Waals surface area contributed by atoms with Crippen LogP contribution in [0.2, 0.25) is 10.0 Å². The molecule has 0 atom stereocenters. The van der Waals surface area contributed by atoms with Crippen LogP contribution in [0.5, 0.6) is 0 Å². The lowest BCUT2D eigenvalue weighted by Crippen LogP contribution is -2.18. The molecule has 0 saturated heterocycles. The highest BCUT2D eigenvalue weighted by atomic mass is 35.5. The monoisotopic (exact) mass is 534 g/mol. The third-order valence-corrected chi connectivity index (χ3v) is 7.21. The molecule has 3 aromatic carbocycles. The van der Waals surface area contributed by atoms with Gasteiger partial charge >= 0.3 is 0 Å². The number of nitrogens with zero attached hydrogens (tertiary/aromatic N) is 1. The van der Waals surface area contributed by atoms with Gasteiger partial charge in [0.2, 0.25) is 0 Å². The number of aromatic nitrogens is 1. The van der Waals surface area contributed by atoms with Crippen LogP contribution < -0.4 is 15.4 Å². The van der Waals surface area contributed by atoms with Gasteiger partial charge in [0.15, 0.2) is 10.2 Å². The average molecular weight is 536 g/mol. The van der Waals surface area contributed by atoms with Gasteiger partial charge in [0.05, 0.1) is 16.3 Å². The molecule has 0 bridgehead atoms. The Morgan fingerprint density at radius 2 is 1.67 bits per heavy atom. The molecule has 0 saturated carbocycles. The molecule has 168 valence electrons. The van der Waals surface area contributed by atoms with Gasteiger partial charge in [-0.25, -0.2) is 13.4 Å². The van der Waals surface area contributed by atoms with Crippen molar-refractivity contribution in [1.29, 1.82) is 0 Å². The van der Waals surface area contributed by atoms with Crippen LogP contribution in [0.15, 0.2) is 83.1 Å². The Kier molecular flexibility index (Phi) is 7.16. The average Bonchev–Trinajstić information content (AvgIpc) is 3.22. The summed E-state index contributed by atoms with van der Waals surface area (Å²) in [5, 5.41) is 9.86. The van der Waals surface area contributed by atoms with Crippen LogP contribution in [0.3, 0.4) is 0 Å². The Morgan fingerprint density at radius 1 is 0.909 bits per heavy atom. The Hall–Kier alpha value is -2.69. The van der Waals surface area contributed by atoms with Gasteiger partial charge in [0.25, 0.3) is 10.0 Å². The number of hydrogen-bond acceptors (Lipinski definition) is 5. The van der Waals surface area contributed by atoms with Crippen molar-refractivity contribution < 1.29 is 8.42 Å². The molecule has 4 rings (SSSR count). The number of thiazole rings is 1. The maximum Gasteiger partial charge on any atom is 0.261 e. The van der Waals surface area contributed by atoms with E-state index in [1.165, 1.54) is 35.6 Å². The zero-order valence-electron chi connectivity index (χ0n) is 16.7. The molecule has 1 heterocycles. The minimum Gasteiger partial charge on any atom is -0.332 e. The number of para-hydroxylation sites is 1. The summed E-state index contributed by atoms with van der Waals surface area (Å²) >= 11 is 18.6. The van der Waals surface area contributed by atoms with Gasteiger partial charge in [-0.3, -0.25) is 4.72 Å². The molecule has 4 aromatic rings. The second-order valence-corrected chi connectivity index (χ2v) is 10.6. The van der Waals surface area contributed by atoms with Crippen LogP contribution in [-0.4, -0.2) is 18.5 Å². The molecule has 0 aliphatic carbocycles. The summed E-state index contributed by atoms with van der Waals surface area (Å²) in [7, 11) is -3.80. The number of nitrogens with one attached hydrogen (secondary N) is 3. The van der Waals surface area contributed by atoms with Gasteiger partial charge in [-0.15, -0.1) is 11.3 Å². The topological polar surface area (TPSA) is 83.1 Å². The molecule has 11 heteroatoms. The van der Waals surface area contributed by atoms with Crippen molar-refractivity contribution in [2.45, 2.75) is 4.90 Å². The molecule has 0 aliphatic rings. The molecule has 33 heavy (non-hydrogen) atoms. The van der Waals surface area contributed by atoms with Crippen molar-refractivity contribution in [3.63, 3.8) is 0 Å². The van der Waals surface area contributed by atoms with Crippen molar-refractivity contribution in [1.82, 2.24) is 4.98 Å². The summed E-state index contributed by atoms with van der Waals surface area (Å²) < 4.78 is 28.3. The third kappa shape index (κ3) is 6.01. The Labute approximate surface area is 210 Å². The minimum absolute atomic E-state index is 0.111. The Balaban J connectivity index is 1.51. The summed E-state index contributed by atoms with van der Waals surface area (Å²) in [6.45, 7) is 0. The number of hydrogen-bond donors (Lipinski definition) is 3. The Morgan fingerprint density at radius 3 is 2.42 bits per heavy atom. The molecule has 3 N–H and O–H groups in total. The minimum atomic E-state index is -3.80. The highest BCUT2D eigenvalue weighted by Crippen LogP contribution is 2.32. The fourth-order valence-electron chi connectivity index (χ4n) is 2.89. The van der Waals surface area contributed by atoms with E-state index >= 15 is 0 Å². The quantitative estimate of drug-likeness (QED) is 0.238. The molecule has 1 aromatic heterocycles. The van der Waals surface area contributed by atoms with E-state index in [0.29, 0.717) is 37.2 Å². The fourth-order valence-corrected chi connectivity index (χ4v) is 5.28. The molecule has 0 aliphatic heterocycles. The normalized spacial score (nSPS) is 11.1. The first kappa shape index (κ1) is 23.5. The second kappa shape index (κ2) is 10.1. The molecule has 0 fully saturated rings. The van der Waals surface area contributed by atoms with Crippen molar-refractivity contribution in [3.8, 4) is 11.3 Å². The molecule has 0 spiro atoms. The fraction of sp³-hybridized carbons (Fsp3) is 0. The lowest BCUT2D eigenvalue weighted by molar-refractivity contribution is 0.601. The first-order valence-corrected chi connectivity index (χ1v) is 13.0. The zero-order chi connectivity index (χ0) is 23.4. The van der Waals surface area contributed by atoms with E-state index in [4.69, 9.17) is 35.4 Å². The molecule has 0 amide bonds. The van der Waals surface area contributed by atoms with E-state index in [9.17, 15) is 8.42 Å². The summed E-state index contributed by atoms with van der Waals surface area (Å²) in [6, 6.07) is 20.2. The van der Waals surface area contributed by atoms with E-state index in [1.807, 2.05) is 23.6 Å². The Bertz CT molecular complexity index is 1410. The molecular weight excluding hydrogens is 519 g/mol. The summed E-state index contributed by atoms with van der Waals surface area (Å²) in [4.78, 5) is 4.67. The number of anilines is 3. The highest BCUT2D eigenvalue weighted by molar-refractivity contribution is 7.92. The maximum absolute atomic E-state index is 12.8. The van der Waals surface area contributed by atoms with Crippen LogP contribution >= 0.6 is 46.8 Å². The summed E-state index contributed by atoms with van der Waals surface area (Å²) in [5.41, 5.74) is 2.39. The third-order valence-electron chi connectivity index (χ3n) is 4.38. The van der Waals surface area contributed by atoms with Crippen molar-refractivity contribution in [3.05, 3.63) is 88.2 Å². The number of rotatable bonds is 6. The van der Waals surface area contributed by atoms with Crippen LogP contribution in [0.25, 0.3) is 11.3 Å². The largest absolute Gasteiger partial charge is 0.332 e. The predicted molar refractivity (Wildman–Crippen MR) is 141 cm³/mol. The van der Waals surface area contributed by atoms with E-state index in [2.05, 4.69) is 20.3 Å². The lowest BCUT2D eigenvalue weighted by atomic mass is 10.1. The van der Waals surface area contributed by atoms with Gasteiger partial charge < -0.3 is 10.6 Å². The van der Waals surface area contributed by atoms with Crippen LogP contribution in [0.1, 0.15) is 0 Å². The lowest BCUT2D eigenvalue weighted by Gasteiger charge is -2.12. The van der Waals surface area contributed by atoms with Gasteiger partial charge in [-0.05, 0) is 60.7 Å². The standard InChI is InChI=1S/C22H16Cl2N4O2S3/c23-14-8-10-17(11-9-14)33(29,30)28-19-7-2-1-6-18(19)20-13-32-22(26-20)27-21(31)25-16-5-3-4-15(24)12-16/h1-13,28H,(H2,25,26,27,31). The second-order valence-electron chi connectivity index (χ2n) is 6.73. The SMILES string of the molecule is O=S(=O)(Nc1ccccc1-c1csc(NC(=S)Nc2cccc(Cl)c2)n1)c1ccc(Cl)cc1. The maximum atomic E-state index is 12.8. The van der Waals surface area contributed by atoms with Crippen molar-refractivity contribution in [2.75, 3.05) is 15.4 Å². The van der Waals surface area contributed by atoms with Crippen LogP contribution in [-0.2, 0) is 10.0 Å². The zero-order valence-corrected chi connectivity index (χ0v) is 20.7. The van der Waals surface area contributed by atoms with Gasteiger partial charge in [-0.2, -0.15) is 0 Å². The predicted octanol–water partition coefficient (Wildman–Crippen LogP) is 6.73. The highest BCUT2D eigenvalue weighted by Gasteiger charge is 2.17. The molecule has 0 unspecified atom stereocenters. The number of thiocarbonyl (C=S) groups is 1. The number of sulfonamides is 1. The van der Waals surface area contributed by atoms with E-state index in [0.717, 1.165) is 5.69 Å². The van der Waals surface area contributed by atoms with Gasteiger partial charge in [-0.1, -0.05) is 47.5 Å². The first-order valence-electron chi connectivity index (χ1n) is 9.47. The van der Waals surface area contributed by atoms with Crippen molar-refractivity contribution in [2.24, 2.45) is 0 Å². The number of halogens is 2. The summed E-state index contributed by atoms with van der Waals surface area (Å²) in [6.07, 6.45) is 0. The number of benzene rings is 3. The molecule has 0 radical (unpaired) electrons. The van der Waals surface area contributed by atoms with E-state index in [1.54, 1.807) is 30.3 Å². The van der Waals surface area contributed by atoms with Gasteiger partial charge in [0.1, 0.15) is 0 Å².